The van der Waals surface area contributed by atoms with E-state index in [9.17, 15) is 4.79 Å². The van der Waals surface area contributed by atoms with Gasteiger partial charge in [0.05, 0.1) is 0 Å². The topological polar surface area (TPSA) is 49.6 Å². The molecule has 0 bridgehead atoms. The maximum atomic E-state index is 13.1. The third-order valence-electron chi connectivity index (χ3n) is 7.79. The summed E-state index contributed by atoms with van der Waals surface area (Å²) in [5, 5.41) is 0. The summed E-state index contributed by atoms with van der Waals surface area (Å²) in [5.41, 5.74) is 0.897. The van der Waals surface area contributed by atoms with Gasteiger partial charge in [-0.1, -0.05) is 32.1 Å². The van der Waals surface area contributed by atoms with Crippen LogP contribution in [0, 0.1) is 11.3 Å². The number of likely N-dealkylation sites (tertiary alicyclic amines) is 2. The van der Waals surface area contributed by atoms with Crippen LogP contribution in [-0.2, 0) is 0 Å². The third kappa shape index (κ3) is 3.87. The van der Waals surface area contributed by atoms with Crippen molar-refractivity contribution in [1.29, 1.82) is 0 Å². The molecule has 4 fully saturated rings. The Morgan fingerprint density at radius 1 is 1.07 bits per heavy atom. The first kappa shape index (κ1) is 18.7. The van der Waals surface area contributed by atoms with Gasteiger partial charge in [0.15, 0.2) is 12.1 Å². The maximum absolute atomic E-state index is 13.1. The number of oxazole rings is 1. The molecule has 1 aromatic rings. The number of aromatic nitrogens is 1. The van der Waals surface area contributed by atoms with Crippen molar-refractivity contribution in [3.05, 3.63) is 17.8 Å². The molecular formula is C23H35N3O2. The highest BCUT2D eigenvalue weighted by Gasteiger charge is 2.44. The lowest BCUT2D eigenvalue weighted by atomic mass is 9.79. The van der Waals surface area contributed by atoms with Crippen LogP contribution in [0.4, 0.5) is 0 Å². The second-order valence-corrected chi connectivity index (χ2v) is 9.99. The van der Waals surface area contributed by atoms with Crippen molar-refractivity contribution in [2.24, 2.45) is 11.3 Å². The Morgan fingerprint density at radius 3 is 2.75 bits per heavy atom. The Bertz CT molecular complexity index is 692. The van der Waals surface area contributed by atoms with Gasteiger partial charge in [0, 0.05) is 31.0 Å². The minimum Gasteiger partial charge on any atom is -0.447 e. The number of nitrogens with zero attached hydrogens (tertiary/aromatic N) is 3. The Labute approximate surface area is 168 Å². The number of hydrogen-bond donors (Lipinski definition) is 0. The van der Waals surface area contributed by atoms with E-state index in [0.29, 0.717) is 17.0 Å². The predicted octanol–water partition coefficient (Wildman–Crippen LogP) is 4.45. The summed E-state index contributed by atoms with van der Waals surface area (Å²) in [6.45, 7) is 5.47. The van der Waals surface area contributed by atoms with Crippen molar-refractivity contribution in [2.45, 2.75) is 76.5 Å². The molecule has 2 saturated carbocycles. The average molecular weight is 386 g/mol. The van der Waals surface area contributed by atoms with E-state index in [1.54, 1.807) is 0 Å². The summed E-state index contributed by atoms with van der Waals surface area (Å²) in [6, 6.07) is 0. The molecule has 154 valence electrons. The Balaban J connectivity index is 1.18. The highest BCUT2D eigenvalue weighted by Crippen LogP contribution is 2.43. The van der Waals surface area contributed by atoms with Crippen LogP contribution in [-0.4, -0.2) is 53.4 Å². The molecule has 5 nitrogen and oxygen atoms in total. The first-order valence-corrected chi connectivity index (χ1v) is 11.7. The molecule has 0 radical (unpaired) electrons. The number of carbonyl (C=O) groups excluding carboxylic acids is 1. The molecule has 0 N–H and O–H groups in total. The van der Waals surface area contributed by atoms with Gasteiger partial charge in [-0.3, -0.25) is 4.79 Å². The first-order valence-electron chi connectivity index (χ1n) is 11.7. The minimum atomic E-state index is 0.104. The van der Waals surface area contributed by atoms with E-state index in [2.05, 4.69) is 14.8 Å². The lowest BCUT2D eigenvalue weighted by molar-refractivity contribution is 0.0668. The van der Waals surface area contributed by atoms with Crippen LogP contribution >= 0.6 is 0 Å². The van der Waals surface area contributed by atoms with Crippen LogP contribution in [0.2, 0.25) is 0 Å². The minimum absolute atomic E-state index is 0.104. The highest BCUT2D eigenvalue weighted by molar-refractivity contribution is 5.93. The number of rotatable bonds is 5. The van der Waals surface area contributed by atoms with E-state index in [-0.39, 0.29) is 5.91 Å². The van der Waals surface area contributed by atoms with Crippen LogP contribution in [0.25, 0.3) is 0 Å². The molecule has 5 heteroatoms. The monoisotopic (exact) mass is 385 g/mol. The van der Waals surface area contributed by atoms with Crippen LogP contribution in [0.3, 0.4) is 0 Å². The molecule has 2 aliphatic carbocycles. The van der Waals surface area contributed by atoms with E-state index < -0.39 is 0 Å². The zero-order valence-electron chi connectivity index (χ0n) is 17.2. The molecule has 1 atom stereocenters. The Kier molecular flexibility index (Phi) is 5.20. The first-order chi connectivity index (χ1) is 13.7. The van der Waals surface area contributed by atoms with Gasteiger partial charge < -0.3 is 14.2 Å². The fraction of sp³-hybridized carbons (Fsp3) is 0.826. The molecule has 1 spiro atoms. The molecule has 28 heavy (non-hydrogen) atoms. The molecule has 4 aliphatic rings. The van der Waals surface area contributed by atoms with Crippen molar-refractivity contribution in [3.8, 4) is 0 Å². The van der Waals surface area contributed by atoms with Crippen molar-refractivity contribution < 1.29 is 9.21 Å². The van der Waals surface area contributed by atoms with Crippen molar-refractivity contribution in [3.63, 3.8) is 0 Å². The normalized spacial score (nSPS) is 29.6. The van der Waals surface area contributed by atoms with Crippen LogP contribution in [0.15, 0.2) is 10.8 Å². The van der Waals surface area contributed by atoms with Crippen LogP contribution in [0.5, 0.6) is 0 Å². The fourth-order valence-corrected chi connectivity index (χ4v) is 5.98. The summed E-state index contributed by atoms with van der Waals surface area (Å²) in [6.07, 6.45) is 16.0. The number of carbonyl (C=O) groups is 1. The lowest BCUT2D eigenvalue weighted by Crippen LogP contribution is -2.46. The molecule has 2 saturated heterocycles. The second-order valence-electron chi connectivity index (χ2n) is 9.99. The maximum Gasteiger partial charge on any atom is 0.276 e. The van der Waals surface area contributed by atoms with Gasteiger partial charge in [-0.25, -0.2) is 4.98 Å². The molecule has 2 aliphatic heterocycles. The van der Waals surface area contributed by atoms with Crippen molar-refractivity contribution >= 4 is 5.91 Å². The van der Waals surface area contributed by atoms with Gasteiger partial charge in [-0.05, 0) is 57.5 Å². The van der Waals surface area contributed by atoms with Crippen LogP contribution in [0.1, 0.15) is 92.8 Å². The molecule has 1 aromatic heterocycles. The molecule has 3 heterocycles. The van der Waals surface area contributed by atoms with Gasteiger partial charge in [-0.15, -0.1) is 0 Å². The van der Waals surface area contributed by atoms with E-state index in [1.165, 1.54) is 77.4 Å². The molecular weight excluding hydrogens is 350 g/mol. The quantitative estimate of drug-likeness (QED) is 0.751. The van der Waals surface area contributed by atoms with Crippen molar-refractivity contribution in [2.75, 3.05) is 32.7 Å². The average Bonchev–Trinajstić information content (AvgIpc) is 3.32. The van der Waals surface area contributed by atoms with E-state index in [1.807, 2.05) is 0 Å². The van der Waals surface area contributed by atoms with Gasteiger partial charge in [0.25, 0.3) is 5.91 Å². The summed E-state index contributed by atoms with van der Waals surface area (Å²) in [4.78, 5) is 22.1. The van der Waals surface area contributed by atoms with E-state index in [0.717, 1.165) is 44.0 Å². The van der Waals surface area contributed by atoms with E-state index in [4.69, 9.17) is 4.42 Å². The van der Waals surface area contributed by atoms with Gasteiger partial charge in [-0.2, -0.15) is 0 Å². The zero-order valence-corrected chi connectivity index (χ0v) is 17.2. The summed E-state index contributed by atoms with van der Waals surface area (Å²) >= 11 is 0. The molecule has 0 aromatic carbocycles. The molecule has 1 unspecified atom stereocenters. The summed E-state index contributed by atoms with van der Waals surface area (Å²) < 4.78 is 5.55. The number of piperidine rings is 1. The molecule has 5 rings (SSSR count). The standard InChI is InChI=1S/C23H35N3O2/c27-22(20-21(19-7-8-19)28-17-24-20)26-14-11-23(16-26)10-4-12-25(15-23)13-9-18-5-2-1-3-6-18/h17-19H,1-16H2. The van der Waals surface area contributed by atoms with Gasteiger partial charge in [0.1, 0.15) is 5.76 Å². The van der Waals surface area contributed by atoms with Gasteiger partial charge >= 0.3 is 0 Å². The zero-order chi connectivity index (χ0) is 19.0. The Hall–Kier alpha value is -1.36. The smallest absolute Gasteiger partial charge is 0.276 e. The lowest BCUT2D eigenvalue weighted by Gasteiger charge is -2.41. The highest BCUT2D eigenvalue weighted by atomic mass is 16.3. The predicted molar refractivity (Wildman–Crippen MR) is 108 cm³/mol. The number of amides is 1. The third-order valence-corrected chi connectivity index (χ3v) is 7.79. The second kappa shape index (κ2) is 7.81. The fourth-order valence-electron chi connectivity index (χ4n) is 5.98. The Morgan fingerprint density at radius 2 is 1.93 bits per heavy atom. The SMILES string of the molecule is O=C(c1ncoc1C1CC1)N1CCC2(CCCN(CCC3CCCCC3)C2)C1. The van der Waals surface area contributed by atoms with Crippen molar-refractivity contribution in [1.82, 2.24) is 14.8 Å². The van der Waals surface area contributed by atoms with E-state index >= 15 is 0 Å². The molecule has 1 amide bonds. The summed E-state index contributed by atoms with van der Waals surface area (Å²) in [7, 11) is 0. The van der Waals surface area contributed by atoms with Gasteiger partial charge in [0.2, 0.25) is 0 Å². The summed E-state index contributed by atoms with van der Waals surface area (Å²) in [5.74, 6) is 2.33. The largest absolute Gasteiger partial charge is 0.447 e. The number of hydrogen-bond acceptors (Lipinski definition) is 4. The van der Waals surface area contributed by atoms with Crippen LogP contribution < -0.4 is 0 Å².